The third-order valence-corrected chi connectivity index (χ3v) is 2.03. The fourth-order valence-electron chi connectivity index (χ4n) is 1.09. The first-order chi connectivity index (χ1) is 5.49. The lowest BCUT2D eigenvalue weighted by Gasteiger charge is -2.14. The van der Waals surface area contributed by atoms with Crippen molar-refractivity contribution < 1.29 is 9.90 Å². The van der Waals surface area contributed by atoms with Gasteiger partial charge in [0.1, 0.15) is 4.49 Å². The number of rotatable bonds is 4. The second-order valence-electron chi connectivity index (χ2n) is 2.67. The van der Waals surface area contributed by atoms with Gasteiger partial charge in [0.15, 0.2) is 0 Å². The van der Waals surface area contributed by atoms with Gasteiger partial charge in [-0.25, -0.2) is 0 Å². The van der Waals surface area contributed by atoms with E-state index in [4.69, 9.17) is 28.3 Å². The van der Waals surface area contributed by atoms with Crippen molar-refractivity contribution in [2.24, 2.45) is 11.8 Å². The molecular weight excluding hydrogens is 199 g/mol. The van der Waals surface area contributed by atoms with E-state index in [0.29, 0.717) is 6.42 Å². The van der Waals surface area contributed by atoms with Crippen molar-refractivity contribution in [3.8, 4) is 0 Å². The number of hydrogen-bond donors (Lipinski definition) is 1. The van der Waals surface area contributed by atoms with Gasteiger partial charge in [0.25, 0.3) is 0 Å². The van der Waals surface area contributed by atoms with Crippen LogP contribution in [0.5, 0.6) is 0 Å². The maximum absolute atomic E-state index is 10.6. The van der Waals surface area contributed by atoms with E-state index >= 15 is 0 Å². The van der Waals surface area contributed by atoms with Gasteiger partial charge in [-0.15, -0.1) is 0 Å². The molecule has 0 aromatic heterocycles. The zero-order valence-corrected chi connectivity index (χ0v) is 8.56. The lowest BCUT2D eigenvalue weighted by molar-refractivity contribution is -0.142. The number of allylic oxidation sites excluding steroid dienone is 1. The molecule has 0 amide bonds. The Balaban J connectivity index is 4.32. The van der Waals surface area contributed by atoms with Crippen LogP contribution in [0.3, 0.4) is 0 Å². The largest absolute Gasteiger partial charge is 0.481 e. The van der Waals surface area contributed by atoms with E-state index in [1.807, 2.05) is 6.92 Å². The predicted octanol–water partition coefficient (Wildman–Crippen LogP) is 3.05. The van der Waals surface area contributed by atoms with Crippen molar-refractivity contribution in [1.82, 2.24) is 0 Å². The Morgan fingerprint density at radius 2 is 2.08 bits per heavy atom. The van der Waals surface area contributed by atoms with Gasteiger partial charge in [-0.05, 0) is 12.3 Å². The van der Waals surface area contributed by atoms with Crippen LogP contribution in [0.25, 0.3) is 0 Å². The molecule has 0 spiro atoms. The minimum Gasteiger partial charge on any atom is -0.481 e. The molecule has 4 heteroatoms. The molecule has 0 aromatic rings. The van der Waals surface area contributed by atoms with Crippen LogP contribution in [0.1, 0.15) is 20.3 Å². The Kier molecular flexibility index (Phi) is 5.34. The molecule has 0 heterocycles. The molecule has 0 saturated carbocycles. The van der Waals surface area contributed by atoms with Gasteiger partial charge >= 0.3 is 5.97 Å². The molecule has 2 nitrogen and oxygen atoms in total. The summed E-state index contributed by atoms with van der Waals surface area (Å²) in [5.41, 5.74) is 0. The molecule has 0 aliphatic heterocycles. The van der Waals surface area contributed by atoms with Crippen molar-refractivity contribution in [3.63, 3.8) is 0 Å². The van der Waals surface area contributed by atoms with Crippen molar-refractivity contribution in [1.29, 1.82) is 0 Å². The predicted molar refractivity (Wildman–Crippen MR) is 50.4 cm³/mol. The highest BCUT2D eigenvalue weighted by atomic mass is 35.5. The molecule has 0 bridgehead atoms. The van der Waals surface area contributed by atoms with Crippen molar-refractivity contribution in [2.75, 3.05) is 0 Å². The molecule has 0 fully saturated rings. The van der Waals surface area contributed by atoms with E-state index in [1.54, 1.807) is 13.0 Å². The van der Waals surface area contributed by atoms with Crippen LogP contribution >= 0.6 is 23.2 Å². The summed E-state index contributed by atoms with van der Waals surface area (Å²) >= 11 is 10.8. The third kappa shape index (κ3) is 3.98. The number of carbonyl (C=O) groups is 1. The molecule has 2 unspecified atom stereocenters. The van der Waals surface area contributed by atoms with Gasteiger partial charge in [0.05, 0.1) is 5.92 Å². The summed E-state index contributed by atoms with van der Waals surface area (Å²) < 4.78 is 0.127. The van der Waals surface area contributed by atoms with Crippen molar-refractivity contribution in [2.45, 2.75) is 20.3 Å². The first-order valence-corrected chi connectivity index (χ1v) is 4.50. The molecule has 1 N–H and O–H groups in total. The van der Waals surface area contributed by atoms with E-state index < -0.39 is 11.9 Å². The quantitative estimate of drug-likeness (QED) is 0.775. The molecule has 0 radical (unpaired) electrons. The molecule has 0 saturated heterocycles. The average molecular weight is 211 g/mol. The smallest absolute Gasteiger partial charge is 0.307 e. The van der Waals surface area contributed by atoms with Gasteiger partial charge in [-0.1, -0.05) is 43.1 Å². The molecule has 12 heavy (non-hydrogen) atoms. The van der Waals surface area contributed by atoms with E-state index in [9.17, 15) is 4.79 Å². The highest BCUT2D eigenvalue weighted by Gasteiger charge is 2.20. The SMILES string of the molecule is CCC(C(=O)O)C(C)C=C(Cl)Cl. The maximum atomic E-state index is 10.6. The average Bonchev–Trinajstić information content (AvgIpc) is 1.85. The maximum Gasteiger partial charge on any atom is 0.307 e. The van der Waals surface area contributed by atoms with Crippen LogP contribution in [0, 0.1) is 11.8 Å². The highest BCUT2D eigenvalue weighted by Crippen LogP contribution is 2.21. The van der Waals surface area contributed by atoms with E-state index in [0.717, 1.165) is 0 Å². The van der Waals surface area contributed by atoms with Crippen LogP contribution in [0.15, 0.2) is 10.6 Å². The van der Waals surface area contributed by atoms with Gasteiger partial charge in [0, 0.05) is 0 Å². The summed E-state index contributed by atoms with van der Waals surface area (Å²) in [7, 11) is 0. The summed E-state index contributed by atoms with van der Waals surface area (Å²) in [5.74, 6) is -1.34. The zero-order valence-electron chi connectivity index (χ0n) is 7.05. The molecule has 0 rings (SSSR count). The second kappa shape index (κ2) is 5.44. The number of aliphatic carboxylic acids is 1. The number of hydrogen-bond acceptors (Lipinski definition) is 1. The van der Waals surface area contributed by atoms with E-state index in [2.05, 4.69) is 0 Å². The third-order valence-electron chi connectivity index (χ3n) is 1.78. The summed E-state index contributed by atoms with van der Waals surface area (Å²) in [6, 6.07) is 0. The summed E-state index contributed by atoms with van der Waals surface area (Å²) in [4.78, 5) is 10.6. The minimum atomic E-state index is -0.809. The molecular formula is C8H12Cl2O2. The van der Waals surface area contributed by atoms with Gasteiger partial charge < -0.3 is 5.11 Å². The fraction of sp³-hybridized carbons (Fsp3) is 0.625. The normalized spacial score (nSPS) is 15.0. The van der Waals surface area contributed by atoms with Gasteiger partial charge in [0.2, 0.25) is 0 Å². The summed E-state index contributed by atoms with van der Waals surface area (Å²) in [6.45, 7) is 3.61. The Labute approximate surface area is 82.2 Å². The molecule has 0 aliphatic carbocycles. The standard InChI is InChI=1S/C8H12Cl2O2/c1-3-6(8(11)12)5(2)4-7(9)10/h4-6H,3H2,1-2H3,(H,11,12). The lowest BCUT2D eigenvalue weighted by atomic mass is 9.92. The van der Waals surface area contributed by atoms with Crippen LogP contribution in [0.2, 0.25) is 0 Å². The van der Waals surface area contributed by atoms with Crippen LogP contribution in [-0.4, -0.2) is 11.1 Å². The summed E-state index contributed by atoms with van der Waals surface area (Å²) in [6.07, 6.45) is 2.12. The molecule has 2 atom stereocenters. The van der Waals surface area contributed by atoms with Crippen LogP contribution in [0.4, 0.5) is 0 Å². The number of carboxylic acids is 1. The number of carboxylic acid groups (broad SMARTS) is 1. The Morgan fingerprint density at radius 3 is 2.33 bits per heavy atom. The van der Waals surface area contributed by atoms with E-state index in [1.165, 1.54) is 0 Å². The first kappa shape index (κ1) is 11.8. The van der Waals surface area contributed by atoms with Gasteiger partial charge in [-0.2, -0.15) is 0 Å². The van der Waals surface area contributed by atoms with E-state index in [-0.39, 0.29) is 10.4 Å². The van der Waals surface area contributed by atoms with Crippen molar-refractivity contribution in [3.05, 3.63) is 10.6 Å². The molecule has 0 aliphatic rings. The number of halogens is 2. The fourth-order valence-corrected chi connectivity index (χ4v) is 1.48. The Bertz CT molecular complexity index is 185. The highest BCUT2D eigenvalue weighted by molar-refractivity contribution is 6.55. The van der Waals surface area contributed by atoms with Gasteiger partial charge in [-0.3, -0.25) is 4.79 Å². The molecule has 0 aromatic carbocycles. The zero-order chi connectivity index (χ0) is 9.72. The topological polar surface area (TPSA) is 37.3 Å². The summed E-state index contributed by atoms with van der Waals surface area (Å²) in [5, 5.41) is 8.74. The van der Waals surface area contributed by atoms with Crippen LogP contribution < -0.4 is 0 Å². The lowest BCUT2D eigenvalue weighted by Crippen LogP contribution is -2.19. The van der Waals surface area contributed by atoms with Crippen molar-refractivity contribution >= 4 is 29.2 Å². The first-order valence-electron chi connectivity index (χ1n) is 3.74. The monoisotopic (exact) mass is 210 g/mol. The Hall–Kier alpha value is -0.210. The molecule has 70 valence electrons. The Morgan fingerprint density at radius 1 is 1.58 bits per heavy atom. The van der Waals surface area contributed by atoms with Crippen LogP contribution in [-0.2, 0) is 4.79 Å². The minimum absolute atomic E-state index is 0.127. The second-order valence-corrected chi connectivity index (χ2v) is 3.68.